The molecule has 0 radical (unpaired) electrons. The van der Waals surface area contributed by atoms with Gasteiger partial charge in [0.2, 0.25) is 0 Å². The van der Waals surface area contributed by atoms with Crippen molar-refractivity contribution < 1.29 is 34.4 Å². The third-order valence-electron chi connectivity index (χ3n) is 9.03. The Balaban J connectivity index is 0.00000229. The summed E-state index contributed by atoms with van der Waals surface area (Å²) >= 11 is 0. The van der Waals surface area contributed by atoms with Crippen LogP contribution in [0, 0.1) is 5.92 Å². The van der Waals surface area contributed by atoms with Crippen molar-refractivity contribution >= 4 is 11.9 Å². The fraction of sp³-hybridized carbons (Fsp3) is 0.615. The number of hydrogen-bond acceptors (Lipinski definition) is 8. The van der Waals surface area contributed by atoms with Crippen LogP contribution in [0.25, 0.3) is 0 Å². The lowest BCUT2D eigenvalue weighted by Crippen LogP contribution is -2.75. The van der Waals surface area contributed by atoms with Crippen LogP contribution in [0.3, 0.4) is 0 Å². The first kappa shape index (κ1) is 22.7. The van der Waals surface area contributed by atoms with Crippen molar-refractivity contribution in [2.45, 2.75) is 75.2 Å². The summed E-state index contributed by atoms with van der Waals surface area (Å²) in [5, 5.41) is 37.2. The highest BCUT2D eigenvalue weighted by molar-refractivity contribution is 5.97. The summed E-state index contributed by atoms with van der Waals surface area (Å²) in [6, 6.07) is 2.48. The molecule has 0 unspecified atom stereocenters. The molecule has 2 bridgehead atoms. The van der Waals surface area contributed by atoms with Gasteiger partial charge in [0.1, 0.15) is 11.8 Å². The highest BCUT2D eigenvalue weighted by atomic mass is 16.5. The van der Waals surface area contributed by atoms with E-state index in [2.05, 4.69) is 10.2 Å². The number of nitrogens with zero attached hydrogens (tertiary/aromatic N) is 1. The number of esters is 1. The maximum Gasteiger partial charge on any atom is 0.328 e. The number of piperidine rings is 1. The fourth-order valence-electron chi connectivity index (χ4n) is 7.24. The molecule has 1 saturated carbocycles. The van der Waals surface area contributed by atoms with Gasteiger partial charge in [-0.2, -0.15) is 0 Å². The molecule has 4 N–H and O–H groups in total. The first-order valence-electron chi connectivity index (χ1n) is 12.2. The van der Waals surface area contributed by atoms with E-state index in [-0.39, 0.29) is 43.6 Å². The van der Waals surface area contributed by atoms with Crippen molar-refractivity contribution in [3.05, 3.63) is 34.6 Å². The molecule has 6 aliphatic rings. The maximum absolute atomic E-state index is 13.3. The Labute approximate surface area is 203 Å². The van der Waals surface area contributed by atoms with E-state index >= 15 is 0 Å². The minimum atomic E-state index is -1.37. The Hall–Kier alpha value is -2.78. The molecule has 2 saturated heterocycles. The number of aromatic hydroxyl groups is 1. The monoisotopic (exact) mass is 484 g/mol. The standard InChI is InChI=1S/C25H28N2O7.CH4/c28-16-4-3-13-9-17-25(32)10-14(22(30)26-15-5-8-33-23(15)31)19(29)21-24(25,18(13)20(16)34-21)6-7-27(17)11-12-1-2-12;/h3-4,12,15,17,21,28-29,32H,1-2,5-11H2,(H,26,30);1H4/t15-,17-,21+,24+,25-;/m1./s1. The van der Waals surface area contributed by atoms with Gasteiger partial charge in [0.05, 0.1) is 23.2 Å². The summed E-state index contributed by atoms with van der Waals surface area (Å²) in [7, 11) is 0. The number of amides is 1. The van der Waals surface area contributed by atoms with Crippen LogP contribution >= 0.6 is 0 Å². The molecule has 3 fully saturated rings. The number of phenols is 1. The molecule has 1 aromatic carbocycles. The summed E-state index contributed by atoms with van der Waals surface area (Å²) in [5.74, 6) is -0.423. The van der Waals surface area contributed by atoms with E-state index in [1.54, 1.807) is 6.07 Å². The van der Waals surface area contributed by atoms with Crippen LogP contribution in [-0.4, -0.2) is 75.6 Å². The van der Waals surface area contributed by atoms with Crippen molar-refractivity contribution in [3.63, 3.8) is 0 Å². The number of rotatable bonds is 4. The van der Waals surface area contributed by atoms with Gasteiger partial charge in [-0.25, -0.2) is 4.79 Å². The third-order valence-corrected chi connectivity index (χ3v) is 9.03. The lowest BCUT2D eigenvalue weighted by Gasteiger charge is -2.62. The largest absolute Gasteiger partial charge is 0.508 e. The summed E-state index contributed by atoms with van der Waals surface area (Å²) in [6.45, 7) is 1.89. The number of carbonyl (C=O) groups excluding carboxylic acids is 2. The third kappa shape index (κ3) is 2.82. The normalized spacial score (nSPS) is 36.7. The van der Waals surface area contributed by atoms with E-state index in [9.17, 15) is 24.9 Å². The van der Waals surface area contributed by atoms with Gasteiger partial charge in [-0.1, -0.05) is 13.5 Å². The zero-order valence-corrected chi connectivity index (χ0v) is 18.7. The van der Waals surface area contributed by atoms with Gasteiger partial charge in [-0.3, -0.25) is 9.69 Å². The Morgan fingerprint density at radius 1 is 1.23 bits per heavy atom. The van der Waals surface area contributed by atoms with Crippen molar-refractivity contribution in [1.82, 2.24) is 10.2 Å². The van der Waals surface area contributed by atoms with Gasteiger partial charge in [-0.15, -0.1) is 0 Å². The molecule has 7 rings (SSSR count). The van der Waals surface area contributed by atoms with Crippen LogP contribution in [0.1, 0.15) is 50.7 Å². The van der Waals surface area contributed by atoms with Crippen molar-refractivity contribution in [2.75, 3.05) is 19.7 Å². The highest BCUT2D eigenvalue weighted by Crippen LogP contribution is 2.66. The van der Waals surface area contributed by atoms with Crippen LogP contribution in [0.5, 0.6) is 11.5 Å². The molecule has 5 atom stereocenters. The van der Waals surface area contributed by atoms with E-state index in [0.717, 1.165) is 24.2 Å². The van der Waals surface area contributed by atoms with Gasteiger partial charge in [0.15, 0.2) is 17.6 Å². The number of ether oxygens (including phenoxy) is 2. The molecule has 9 heteroatoms. The van der Waals surface area contributed by atoms with Gasteiger partial charge in [0.25, 0.3) is 5.91 Å². The smallest absolute Gasteiger partial charge is 0.328 e. The topological polar surface area (TPSA) is 129 Å². The van der Waals surface area contributed by atoms with E-state index in [1.165, 1.54) is 12.8 Å². The average molecular weight is 485 g/mol. The van der Waals surface area contributed by atoms with Gasteiger partial charge < -0.3 is 30.1 Å². The fourth-order valence-corrected chi connectivity index (χ4v) is 7.24. The minimum Gasteiger partial charge on any atom is -0.508 e. The maximum atomic E-state index is 13.3. The lowest BCUT2D eigenvalue weighted by atomic mass is 9.49. The number of aliphatic hydroxyl groups is 2. The number of phenolic OH excluding ortho intramolecular Hbond substituents is 1. The number of benzene rings is 1. The Bertz CT molecular complexity index is 1160. The number of carbonyl (C=O) groups is 2. The van der Waals surface area contributed by atoms with E-state index in [0.29, 0.717) is 30.9 Å². The van der Waals surface area contributed by atoms with Crippen LogP contribution in [-0.2, 0) is 26.2 Å². The van der Waals surface area contributed by atoms with Crippen LogP contribution in [0.4, 0.5) is 0 Å². The highest BCUT2D eigenvalue weighted by Gasteiger charge is 2.73. The zero-order valence-electron chi connectivity index (χ0n) is 18.7. The molecule has 0 aromatic heterocycles. The van der Waals surface area contributed by atoms with Crippen LogP contribution < -0.4 is 10.1 Å². The second-order valence-corrected chi connectivity index (χ2v) is 10.8. The molecule has 3 aliphatic carbocycles. The molecule has 1 aromatic rings. The molecule has 9 nitrogen and oxygen atoms in total. The minimum absolute atomic E-state index is 0. The van der Waals surface area contributed by atoms with Crippen LogP contribution in [0.2, 0.25) is 0 Å². The summed E-state index contributed by atoms with van der Waals surface area (Å²) in [6.07, 6.45) is 2.86. The molecule has 3 heterocycles. The molecule has 1 amide bonds. The first-order valence-corrected chi connectivity index (χ1v) is 12.2. The molecule has 1 spiro atoms. The first-order chi connectivity index (χ1) is 16.3. The van der Waals surface area contributed by atoms with E-state index < -0.39 is 35.0 Å². The molecule has 188 valence electrons. The van der Waals surface area contributed by atoms with Crippen molar-refractivity contribution in [1.29, 1.82) is 0 Å². The van der Waals surface area contributed by atoms with Crippen LogP contribution in [0.15, 0.2) is 23.5 Å². The van der Waals surface area contributed by atoms with Crippen molar-refractivity contribution in [2.24, 2.45) is 5.92 Å². The summed E-state index contributed by atoms with van der Waals surface area (Å²) in [5.41, 5.74) is -0.490. The molecular formula is C26H32N2O7. The number of nitrogens with one attached hydrogen (secondary N) is 1. The second kappa shape index (κ2) is 7.36. The molecule has 35 heavy (non-hydrogen) atoms. The van der Waals surface area contributed by atoms with Gasteiger partial charge in [-0.05, 0) is 49.8 Å². The Morgan fingerprint density at radius 2 is 2.03 bits per heavy atom. The lowest BCUT2D eigenvalue weighted by molar-refractivity contribution is -0.172. The number of cyclic esters (lactones) is 1. The predicted molar refractivity (Wildman–Crippen MR) is 124 cm³/mol. The molecular weight excluding hydrogens is 452 g/mol. The Kier molecular flexibility index (Phi) is 4.77. The van der Waals surface area contributed by atoms with E-state index in [1.807, 2.05) is 6.07 Å². The van der Waals surface area contributed by atoms with Gasteiger partial charge in [0, 0.05) is 31.0 Å². The quantitative estimate of drug-likeness (QED) is 0.473. The summed E-state index contributed by atoms with van der Waals surface area (Å²) < 4.78 is 11.1. The SMILES string of the molecule is C.O=C(N[C@@H]1CCOC1=O)C1=C(O)[C@@H]2Oc3c(O)ccc4c3[C@@]23CCN(CC2CC2)[C@H](C4)[C@]3(O)C1. The zero-order chi connectivity index (χ0) is 23.4. The second-order valence-electron chi connectivity index (χ2n) is 10.8. The Morgan fingerprint density at radius 3 is 2.74 bits per heavy atom. The van der Waals surface area contributed by atoms with E-state index in [4.69, 9.17) is 9.47 Å². The predicted octanol–water partition coefficient (Wildman–Crippen LogP) is 1.45. The molecule has 3 aliphatic heterocycles. The number of aliphatic hydroxyl groups excluding tert-OH is 1. The number of likely N-dealkylation sites (tertiary alicyclic amines) is 1. The summed E-state index contributed by atoms with van der Waals surface area (Å²) in [4.78, 5) is 27.5. The van der Waals surface area contributed by atoms with Crippen molar-refractivity contribution in [3.8, 4) is 11.5 Å². The van der Waals surface area contributed by atoms with Gasteiger partial charge >= 0.3 is 5.97 Å². The number of hydrogen-bond donors (Lipinski definition) is 4. The average Bonchev–Trinajstić information content (AvgIpc) is 3.42.